The zero-order chi connectivity index (χ0) is 9.14. The number of aromatic hydroxyl groups is 1. The standard InChI is InChI=1S/C9H11NO2/c1-6(9(10)12)7-2-4-8(11)5-3-7/h2-6,11H,1H3,(H2,10,12). The molecule has 12 heavy (non-hydrogen) atoms. The van der Waals surface area contributed by atoms with Crippen LogP contribution < -0.4 is 5.73 Å². The van der Waals surface area contributed by atoms with Crippen LogP contribution in [0.15, 0.2) is 24.3 Å². The summed E-state index contributed by atoms with van der Waals surface area (Å²) in [5.41, 5.74) is 5.92. The van der Waals surface area contributed by atoms with Gasteiger partial charge in [0.2, 0.25) is 5.91 Å². The van der Waals surface area contributed by atoms with Gasteiger partial charge in [-0.2, -0.15) is 0 Å². The Balaban J connectivity index is 2.89. The number of amides is 1. The summed E-state index contributed by atoms with van der Waals surface area (Å²) in [6.07, 6.45) is 0. The van der Waals surface area contributed by atoms with Gasteiger partial charge >= 0.3 is 0 Å². The summed E-state index contributed by atoms with van der Waals surface area (Å²) in [5.74, 6) is -0.471. The Kier molecular flexibility index (Phi) is 2.33. The van der Waals surface area contributed by atoms with Crippen molar-refractivity contribution in [3.8, 4) is 5.75 Å². The monoisotopic (exact) mass is 165 g/mol. The number of nitrogens with two attached hydrogens (primary N) is 1. The molecule has 0 heterocycles. The molecular weight excluding hydrogens is 154 g/mol. The fourth-order valence-electron chi connectivity index (χ4n) is 0.927. The van der Waals surface area contributed by atoms with E-state index in [0.717, 1.165) is 5.56 Å². The lowest BCUT2D eigenvalue weighted by atomic mass is 10.0. The number of phenolic OH excluding ortho intramolecular Hbond substituents is 1. The highest BCUT2D eigenvalue weighted by Gasteiger charge is 2.10. The van der Waals surface area contributed by atoms with Crippen molar-refractivity contribution in [1.29, 1.82) is 0 Å². The molecule has 3 heteroatoms. The van der Waals surface area contributed by atoms with Crippen molar-refractivity contribution < 1.29 is 9.90 Å². The van der Waals surface area contributed by atoms with Gasteiger partial charge in [0.05, 0.1) is 5.92 Å². The van der Waals surface area contributed by atoms with Crippen molar-refractivity contribution >= 4 is 5.91 Å². The van der Waals surface area contributed by atoms with Crippen LogP contribution in [0.25, 0.3) is 0 Å². The molecule has 0 aromatic heterocycles. The first kappa shape index (κ1) is 8.59. The fourth-order valence-corrected chi connectivity index (χ4v) is 0.927. The van der Waals surface area contributed by atoms with Crippen molar-refractivity contribution in [2.75, 3.05) is 0 Å². The quantitative estimate of drug-likeness (QED) is 0.686. The lowest BCUT2D eigenvalue weighted by Crippen LogP contribution is -2.18. The van der Waals surface area contributed by atoms with Crippen molar-refractivity contribution in [2.24, 2.45) is 5.73 Å². The smallest absolute Gasteiger partial charge is 0.224 e. The molecule has 0 aliphatic carbocycles. The molecule has 3 N–H and O–H groups in total. The van der Waals surface area contributed by atoms with Crippen LogP contribution in [0.3, 0.4) is 0 Å². The van der Waals surface area contributed by atoms with Crippen LogP contribution >= 0.6 is 0 Å². The molecule has 64 valence electrons. The molecule has 0 saturated heterocycles. The van der Waals surface area contributed by atoms with Crippen LogP contribution in [0, 0.1) is 0 Å². The normalized spacial score (nSPS) is 12.4. The topological polar surface area (TPSA) is 63.3 Å². The number of rotatable bonds is 2. The van der Waals surface area contributed by atoms with Crippen molar-refractivity contribution in [1.82, 2.24) is 0 Å². The minimum atomic E-state index is -0.360. The molecule has 0 spiro atoms. The Hall–Kier alpha value is -1.51. The maximum Gasteiger partial charge on any atom is 0.224 e. The van der Waals surface area contributed by atoms with E-state index in [1.807, 2.05) is 0 Å². The summed E-state index contributed by atoms with van der Waals surface area (Å²) < 4.78 is 0. The molecule has 0 aliphatic heterocycles. The van der Waals surface area contributed by atoms with Crippen LogP contribution in [-0.2, 0) is 4.79 Å². The number of phenols is 1. The van der Waals surface area contributed by atoms with E-state index >= 15 is 0 Å². The largest absolute Gasteiger partial charge is 0.508 e. The summed E-state index contributed by atoms with van der Waals surface area (Å²) in [6.45, 7) is 1.73. The lowest BCUT2D eigenvalue weighted by molar-refractivity contribution is -0.119. The molecule has 0 fully saturated rings. The van der Waals surface area contributed by atoms with Crippen molar-refractivity contribution in [2.45, 2.75) is 12.8 Å². The van der Waals surface area contributed by atoms with Gasteiger partial charge in [-0.25, -0.2) is 0 Å². The van der Waals surface area contributed by atoms with E-state index in [1.54, 1.807) is 19.1 Å². The maximum atomic E-state index is 10.7. The Morgan fingerprint density at radius 1 is 1.42 bits per heavy atom. The number of hydrogen-bond acceptors (Lipinski definition) is 2. The molecule has 1 unspecified atom stereocenters. The Morgan fingerprint density at radius 2 is 1.92 bits per heavy atom. The molecule has 3 nitrogen and oxygen atoms in total. The Morgan fingerprint density at radius 3 is 2.33 bits per heavy atom. The molecular formula is C9H11NO2. The van der Waals surface area contributed by atoms with Crippen molar-refractivity contribution in [3.05, 3.63) is 29.8 Å². The van der Waals surface area contributed by atoms with Gasteiger partial charge in [-0.05, 0) is 24.6 Å². The van der Waals surface area contributed by atoms with Gasteiger partial charge in [0, 0.05) is 0 Å². The zero-order valence-corrected chi connectivity index (χ0v) is 6.82. The second-order valence-corrected chi connectivity index (χ2v) is 2.72. The second-order valence-electron chi connectivity index (χ2n) is 2.72. The van der Waals surface area contributed by atoms with Gasteiger partial charge in [-0.15, -0.1) is 0 Å². The summed E-state index contributed by atoms with van der Waals surface area (Å²) in [5, 5.41) is 8.96. The molecule has 1 aromatic carbocycles. The number of benzene rings is 1. The third kappa shape index (κ3) is 1.75. The molecule has 1 amide bonds. The van der Waals surface area contributed by atoms with Gasteiger partial charge < -0.3 is 10.8 Å². The first-order valence-corrected chi connectivity index (χ1v) is 3.69. The Labute approximate surface area is 70.8 Å². The van der Waals surface area contributed by atoms with Crippen LogP contribution in [0.5, 0.6) is 5.75 Å². The predicted molar refractivity (Wildman–Crippen MR) is 45.7 cm³/mol. The minimum Gasteiger partial charge on any atom is -0.508 e. The highest BCUT2D eigenvalue weighted by atomic mass is 16.3. The maximum absolute atomic E-state index is 10.7. The first-order chi connectivity index (χ1) is 5.61. The van der Waals surface area contributed by atoms with Gasteiger partial charge in [0.15, 0.2) is 0 Å². The van der Waals surface area contributed by atoms with E-state index in [4.69, 9.17) is 10.8 Å². The second kappa shape index (κ2) is 3.26. The van der Waals surface area contributed by atoms with E-state index < -0.39 is 0 Å². The first-order valence-electron chi connectivity index (χ1n) is 3.69. The van der Waals surface area contributed by atoms with Crippen LogP contribution in [-0.4, -0.2) is 11.0 Å². The highest BCUT2D eigenvalue weighted by molar-refractivity contribution is 5.81. The minimum absolute atomic E-state index is 0.190. The summed E-state index contributed by atoms with van der Waals surface area (Å²) in [4.78, 5) is 10.7. The van der Waals surface area contributed by atoms with Gasteiger partial charge in [-0.3, -0.25) is 4.79 Å². The molecule has 1 atom stereocenters. The highest BCUT2D eigenvalue weighted by Crippen LogP contribution is 2.17. The number of carbonyl (C=O) groups excluding carboxylic acids is 1. The molecule has 0 bridgehead atoms. The molecule has 0 saturated carbocycles. The Bertz CT molecular complexity index is 279. The predicted octanol–water partition coefficient (Wildman–Crippen LogP) is 0.981. The van der Waals surface area contributed by atoms with E-state index in [-0.39, 0.29) is 17.6 Å². The molecule has 1 aromatic rings. The van der Waals surface area contributed by atoms with E-state index in [2.05, 4.69) is 0 Å². The van der Waals surface area contributed by atoms with Crippen molar-refractivity contribution in [3.63, 3.8) is 0 Å². The molecule has 0 radical (unpaired) electrons. The van der Waals surface area contributed by atoms with Gasteiger partial charge in [-0.1, -0.05) is 12.1 Å². The molecule has 1 rings (SSSR count). The van der Waals surface area contributed by atoms with Crippen LogP contribution in [0.2, 0.25) is 0 Å². The van der Waals surface area contributed by atoms with E-state index in [9.17, 15) is 4.79 Å². The molecule has 0 aliphatic rings. The third-order valence-corrected chi connectivity index (χ3v) is 1.82. The lowest BCUT2D eigenvalue weighted by Gasteiger charge is -2.06. The van der Waals surface area contributed by atoms with E-state index in [1.165, 1.54) is 12.1 Å². The SMILES string of the molecule is CC(C(N)=O)c1ccc(O)cc1. The fraction of sp³-hybridized carbons (Fsp3) is 0.222. The number of hydrogen-bond donors (Lipinski definition) is 2. The average Bonchev–Trinajstić information content (AvgIpc) is 2.04. The van der Waals surface area contributed by atoms with Crippen LogP contribution in [0.1, 0.15) is 18.4 Å². The number of carbonyl (C=O) groups is 1. The summed E-state index contributed by atoms with van der Waals surface area (Å²) >= 11 is 0. The third-order valence-electron chi connectivity index (χ3n) is 1.82. The van der Waals surface area contributed by atoms with Gasteiger partial charge in [0.1, 0.15) is 5.75 Å². The summed E-state index contributed by atoms with van der Waals surface area (Å²) in [7, 11) is 0. The number of primary amides is 1. The van der Waals surface area contributed by atoms with E-state index in [0.29, 0.717) is 0 Å². The van der Waals surface area contributed by atoms with Gasteiger partial charge in [0.25, 0.3) is 0 Å². The summed E-state index contributed by atoms with van der Waals surface area (Å²) in [6, 6.07) is 6.44. The average molecular weight is 165 g/mol. The zero-order valence-electron chi connectivity index (χ0n) is 6.82. The van der Waals surface area contributed by atoms with Crippen LogP contribution in [0.4, 0.5) is 0 Å².